The average Bonchev–Trinajstić information content (AvgIpc) is 2.05. The quantitative estimate of drug-likeness (QED) is 0.493. The van der Waals surface area contributed by atoms with Gasteiger partial charge in [0, 0.05) is 0 Å². The minimum Gasteiger partial charge on any atom is -0.307 e. The first kappa shape index (κ1) is 7.80. The Kier molecular flexibility index (Phi) is 2.27. The van der Waals surface area contributed by atoms with E-state index in [1.807, 2.05) is 0 Å². The number of nitrogen functional groups attached to an aromatic ring is 1. The standard InChI is InChI=1S/C5H6F2N4/c6-5(7)3-1-2-4(9-8)11-10-3/h1-2,5H,8H2,(H,9,11). The monoisotopic (exact) mass is 160 g/mol. The highest BCUT2D eigenvalue weighted by atomic mass is 19.3. The number of aromatic nitrogens is 2. The lowest BCUT2D eigenvalue weighted by Gasteiger charge is -1.98. The average molecular weight is 160 g/mol. The van der Waals surface area contributed by atoms with Crippen LogP contribution in [0.3, 0.4) is 0 Å². The molecule has 1 aromatic heterocycles. The summed E-state index contributed by atoms with van der Waals surface area (Å²) in [7, 11) is 0. The van der Waals surface area contributed by atoms with E-state index in [0.29, 0.717) is 0 Å². The molecule has 0 aliphatic carbocycles. The van der Waals surface area contributed by atoms with Gasteiger partial charge in [0.2, 0.25) is 0 Å². The van der Waals surface area contributed by atoms with Crippen LogP contribution in [-0.2, 0) is 0 Å². The Hall–Kier alpha value is -1.30. The summed E-state index contributed by atoms with van der Waals surface area (Å²) in [4.78, 5) is 0. The van der Waals surface area contributed by atoms with Crippen LogP contribution >= 0.6 is 0 Å². The molecule has 1 aromatic rings. The highest BCUT2D eigenvalue weighted by molar-refractivity contribution is 5.30. The molecular weight excluding hydrogens is 154 g/mol. The predicted octanol–water partition coefficient (Wildman–Crippen LogP) is 0.700. The van der Waals surface area contributed by atoms with E-state index in [-0.39, 0.29) is 11.5 Å². The van der Waals surface area contributed by atoms with Crippen LogP contribution in [0.5, 0.6) is 0 Å². The van der Waals surface area contributed by atoms with Gasteiger partial charge in [-0.05, 0) is 12.1 Å². The summed E-state index contributed by atoms with van der Waals surface area (Å²) in [5.41, 5.74) is 1.82. The second-order valence-corrected chi connectivity index (χ2v) is 1.79. The third-order valence-corrected chi connectivity index (χ3v) is 1.06. The fourth-order valence-corrected chi connectivity index (χ4v) is 0.536. The summed E-state index contributed by atoms with van der Waals surface area (Å²) in [5, 5.41) is 6.56. The van der Waals surface area contributed by atoms with E-state index in [9.17, 15) is 8.78 Å². The highest BCUT2D eigenvalue weighted by Gasteiger charge is 2.07. The molecule has 0 bridgehead atoms. The van der Waals surface area contributed by atoms with Gasteiger partial charge in [-0.2, -0.15) is 0 Å². The van der Waals surface area contributed by atoms with Gasteiger partial charge in [-0.15, -0.1) is 10.2 Å². The van der Waals surface area contributed by atoms with Crippen molar-refractivity contribution < 1.29 is 8.78 Å². The van der Waals surface area contributed by atoms with Gasteiger partial charge in [0.05, 0.1) is 0 Å². The van der Waals surface area contributed by atoms with Gasteiger partial charge in [0.25, 0.3) is 6.43 Å². The van der Waals surface area contributed by atoms with E-state index < -0.39 is 6.43 Å². The Morgan fingerprint density at radius 2 is 2.09 bits per heavy atom. The van der Waals surface area contributed by atoms with E-state index in [1.54, 1.807) is 0 Å². The molecule has 0 fully saturated rings. The fraction of sp³-hybridized carbons (Fsp3) is 0.200. The minimum absolute atomic E-state index is 0.259. The summed E-state index contributed by atoms with van der Waals surface area (Å²) in [5.74, 6) is 5.19. The summed E-state index contributed by atoms with van der Waals surface area (Å²) in [6.07, 6.45) is -2.59. The number of rotatable bonds is 2. The molecule has 0 spiro atoms. The number of hydrogen-bond donors (Lipinski definition) is 2. The van der Waals surface area contributed by atoms with Gasteiger partial charge in [-0.3, -0.25) is 0 Å². The molecule has 0 radical (unpaired) electrons. The first-order valence-electron chi connectivity index (χ1n) is 2.82. The first-order valence-corrected chi connectivity index (χ1v) is 2.82. The molecule has 0 aromatic carbocycles. The Morgan fingerprint density at radius 1 is 1.36 bits per heavy atom. The second-order valence-electron chi connectivity index (χ2n) is 1.79. The van der Waals surface area contributed by atoms with E-state index in [1.165, 1.54) is 6.07 Å². The number of alkyl halides is 2. The maximum Gasteiger partial charge on any atom is 0.282 e. The van der Waals surface area contributed by atoms with E-state index in [0.717, 1.165) is 6.07 Å². The Morgan fingerprint density at radius 3 is 2.45 bits per heavy atom. The van der Waals surface area contributed by atoms with Crippen LogP contribution in [0.4, 0.5) is 14.6 Å². The molecule has 1 heterocycles. The van der Waals surface area contributed by atoms with Crippen LogP contribution < -0.4 is 11.3 Å². The van der Waals surface area contributed by atoms with Crippen LogP contribution in [-0.4, -0.2) is 10.2 Å². The molecule has 0 aliphatic rings. The van der Waals surface area contributed by atoms with E-state index >= 15 is 0 Å². The topological polar surface area (TPSA) is 63.8 Å². The van der Waals surface area contributed by atoms with Gasteiger partial charge in [-0.1, -0.05) is 0 Å². The van der Waals surface area contributed by atoms with Crippen molar-refractivity contribution in [3.05, 3.63) is 17.8 Å². The molecule has 0 atom stereocenters. The van der Waals surface area contributed by atoms with Crippen LogP contribution in [0.2, 0.25) is 0 Å². The van der Waals surface area contributed by atoms with Crippen LogP contribution in [0.1, 0.15) is 12.1 Å². The van der Waals surface area contributed by atoms with Gasteiger partial charge in [0.1, 0.15) is 5.69 Å². The Bertz CT molecular complexity index is 222. The van der Waals surface area contributed by atoms with Gasteiger partial charge in [0.15, 0.2) is 5.82 Å². The summed E-state index contributed by atoms with van der Waals surface area (Å²) >= 11 is 0. The lowest BCUT2D eigenvalue weighted by atomic mass is 10.4. The number of nitrogens with zero attached hydrogens (tertiary/aromatic N) is 2. The summed E-state index contributed by atoms with van der Waals surface area (Å²) in [6.45, 7) is 0. The van der Waals surface area contributed by atoms with Crippen molar-refractivity contribution in [2.24, 2.45) is 5.84 Å². The fourth-order valence-electron chi connectivity index (χ4n) is 0.536. The van der Waals surface area contributed by atoms with Gasteiger partial charge >= 0.3 is 0 Å². The predicted molar refractivity (Wildman–Crippen MR) is 34.8 cm³/mol. The second kappa shape index (κ2) is 3.20. The maximum absolute atomic E-state index is 11.8. The Labute approximate surface area is 61.4 Å². The Balaban J connectivity index is 2.83. The normalized spacial score (nSPS) is 10.2. The lowest BCUT2D eigenvalue weighted by molar-refractivity contribution is 0.145. The maximum atomic E-state index is 11.8. The summed E-state index contributed by atoms with van der Waals surface area (Å²) in [6, 6.07) is 2.49. The molecule has 0 unspecified atom stereocenters. The van der Waals surface area contributed by atoms with Crippen molar-refractivity contribution in [1.29, 1.82) is 0 Å². The van der Waals surface area contributed by atoms with Gasteiger partial charge < -0.3 is 5.43 Å². The van der Waals surface area contributed by atoms with Crippen LogP contribution in [0.15, 0.2) is 12.1 Å². The third-order valence-electron chi connectivity index (χ3n) is 1.06. The van der Waals surface area contributed by atoms with Crippen molar-refractivity contribution in [2.75, 3.05) is 5.43 Å². The van der Waals surface area contributed by atoms with Crippen molar-refractivity contribution >= 4 is 5.82 Å². The number of nitrogens with two attached hydrogens (primary N) is 1. The van der Waals surface area contributed by atoms with Crippen molar-refractivity contribution in [3.8, 4) is 0 Å². The third kappa shape index (κ3) is 1.81. The highest BCUT2D eigenvalue weighted by Crippen LogP contribution is 2.15. The number of hydrazine groups is 1. The number of hydrogen-bond acceptors (Lipinski definition) is 4. The molecular formula is C5H6F2N4. The molecule has 3 N–H and O–H groups in total. The van der Waals surface area contributed by atoms with Crippen molar-refractivity contribution in [3.63, 3.8) is 0 Å². The van der Waals surface area contributed by atoms with Crippen molar-refractivity contribution in [2.45, 2.75) is 6.43 Å². The molecule has 60 valence electrons. The van der Waals surface area contributed by atoms with Crippen LogP contribution in [0, 0.1) is 0 Å². The molecule has 0 saturated heterocycles. The zero-order chi connectivity index (χ0) is 8.27. The minimum atomic E-state index is -2.59. The van der Waals surface area contributed by atoms with Crippen molar-refractivity contribution in [1.82, 2.24) is 10.2 Å². The zero-order valence-corrected chi connectivity index (χ0v) is 5.46. The molecule has 0 amide bonds. The molecule has 6 heteroatoms. The largest absolute Gasteiger partial charge is 0.307 e. The lowest BCUT2D eigenvalue weighted by Crippen LogP contribution is -2.09. The van der Waals surface area contributed by atoms with Gasteiger partial charge in [-0.25, -0.2) is 14.6 Å². The SMILES string of the molecule is NNc1ccc(C(F)F)nn1. The number of halogens is 2. The molecule has 0 saturated carbocycles. The summed E-state index contributed by atoms with van der Waals surface area (Å²) < 4.78 is 23.7. The molecule has 11 heavy (non-hydrogen) atoms. The number of anilines is 1. The van der Waals surface area contributed by atoms with E-state index in [4.69, 9.17) is 5.84 Å². The van der Waals surface area contributed by atoms with Crippen LogP contribution in [0.25, 0.3) is 0 Å². The molecule has 0 aliphatic heterocycles. The number of nitrogens with one attached hydrogen (secondary N) is 1. The molecule has 4 nitrogen and oxygen atoms in total. The zero-order valence-electron chi connectivity index (χ0n) is 5.46. The smallest absolute Gasteiger partial charge is 0.282 e. The first-order chi connectivity index (χ1) is 5.24. The molecule has 1 rings (SSSR count). The van der Waals surface area contributed by atoms with E-state index in [2.05, 4.69) is 15.6 Å².